The van der Waals surface area contributed by atoms with Gasteiger partial charge in [-0.1, -0.05) is 25.5 Å². The average Bonchev–Trinajstić information content (AvgIpc) is 3.02. The van der Waals surface area contributed by atoms with Crippen molar-refractivity contribution in [3.63, 3.8) is 0 Å². The van der Waals surface area contributed by atoms with Crippen LogP contribution >= 0.6 is 0 Å². The standard InChI is InChI=1S/C17H25N3O4/c1-3-4-9-24-17(23)20-8-7-14-13(10-20)16(19-18-14)15(22)6-5-12(2)11-21/h21H,2-11H2,1H3,(H,18,19). The summed E-state index contributed by atoms with van der Waals surface area (Å²) in [6.07, 6.45) is 2.76. The summed E-state index contributed by atoms with van der Waals surface area (Å²) in [6.45, 7) is 6.89. The third-order valence-electron chi connectivity index (χ3n) is 4.11. The van der Waals surface area contributed by atoms with Crippen LogP contribution in [0.5, 0.6) is 0 Å². The van der Waals surface area contributed by atoms with Crippen LogP contribution in [0.1, 0.15) is 54.4 Å². The quantitative estimate of drug-likeness (QED) is 0.431. The summed E-state index contributed by atoms with van der Waals surface area (Å²) in [7, 11) is 0. The Morgan fingerprint density at radius 3 is 2.92 bits per heavy atom. The van der Waals surface area contributed by atoms with E-state index >= 15 is 0 Å². The highest BCUT2D eigenvalue weighted by molar-refractivity contribution is 5.96. The summed E-state index contributed by atoms with van der Waals surface area (Å²) in [6, 6.07) is 0. The number of nitrogens with one attached hydrogen (secondary N) is 1. The van der Waals surface area contributed by atoms with Crippen molar-refractivity contribution >= 4 is 11.9 Å². The molecule has 0 aliphatic carbocycles. The van der Waals surface area contributed by atoms with Crippen LogP contribution in [0.4, 0.5) is 4.79 Å². The Kier molecular flexibility index (Phi) is 6.54. The van der Waals surface area contributed by atoms with Gasteiger partial charge < -0.3 is 14.7 Å². The Bertz CT molecular complexity index is 609. The van der Waals surface area contributed by atoms with Crippen molar-refractivity contribution in [2.45, 2.75) is 45.6 Å². The van der Waals surface area contributed by atoms with E-state index in [4.69, 9.17) is 9.84 Å². The van der Waals surface area contributed by atoms with Crippen LogP contribution < -0.4 is 0 Å². The smallest absolute Gasteiger partial charge is 0.410 e. The molecule has 1 aliphatic rings. The molecule has 1 aromatic heterocycles. The van der Waals surface area contributed by atoms with Crippen LogP contribution in [-0.2, 0) is 17.7 Å². The molecule has 7 heteroatoms. The molecule has 0 bridgehead atoms. The number of ketones is 1. The van der Waals surface area contributed by atoms with Crippen molar-refractivity contribution in [2.75, 3.05) is 19.8 Å². The number of carbonyl (C=O) groups excluding carboxylic acids is 2. The number of fused-ring (bicyclic) bond motifs is 1. The maximum absolute atomic E-state index is 12.4. The van der Waals surface area contributed by atoms with Gasteiger partial charge in [0.1, 0.15) is 5.69 Å². The number of ether oxygens (including phenoxy) is 1. The fourth-order valence-electron chi connectivity index (χ4n) is 2.57. The molecule has 0 radical (unpaired) electrons. The Balaban J connectivity index is 1.99. The summed E-state index contributed by atoms with van der Waals surface area (Å²) in [5.74, 6) is -0.0837. The summed E-state index contributed by atoms with van der Waals surface area (Å²) in [4.78, 5) is 26.1. The van der Waals surface area contributed by atoms with E-state index < -0.39 is 0 Å². The number of aromatic nitrogens is 2. The molecule has 0 fully saturated rings. The van der Waals surface area contributed by atoms with Crippen molar-refractivity contribution in [1.82, 2.24) is 15.1 Å². The number of carbonyl (C=O) groups is 2. The minimum absolute atomic E-state index is 0.0837. The van der Waals surface area contributed by atoms with E-state index in [9.17, 15) is 9.59 Å². The lowest BCUT2D eigenvalue weighted by Gasteiger charge is -2.26. The summed E-state index contributed by atoms with van der Waals surface area (Å²) in [5, 5.41) is 16.0. The number of rotatable bonds is 8. The predicted octanol–water partition coefficient (Wildman–Crippen LogP) is 2.22. The molecule has 0 atom stereocenters. The van der Waals surface area contributed by atoms with Crippen molar-refractivity contribution < 1.29 is 19.4 Å². The second-order valence-corrected chi connectivity index (χ2v) is 5.99. The molecular weight excluding hydrogens is 310 g/mol. The topological polar surface area (TPSA) is 95.5 Å². The number of aliphatic hydroxyl groups is 1. The molecule has 0 saturated carbocycles. The number of Topliss-reactive ketones (excluding diaryl/α,β-unsaturated/α-hetero) is 1. The molecule has 0 spiro atoms. The second kappa shape index (κ2) is 8.63. The molecule has 7 nitrogen and oxygen atoms in total. The summed E-state index contributed by atoms with van der Waals surface area (Å²) >= 11 is 0. The van der Waals surface area contributed by atoms with E-state index in [2.05, 4.69) is 16.8 Å². The van der Waals surface area contributed by atoms with Gasteiger partial charge in [-0.15, -0.1) is 0 Å². The van der Waals surface area contributed by atoms with Gasteiger partial charge in [0.05, 0.1) is 25.5 Å². The fourth-order valence-corrected chi connectivity index (χ4v) is 2.57. The number of nitrogens with zero attached hydrogens (tertiary/aromatic N) is 2. The van der Waals surface area contributed by atoms with Crippen LogP contribution in [0.3, 0.4) is 0 Å². The molecule has 0 aromatic carbocycles. The van der Waals surface area contributed by atoms with Gasteiger partial charge in [-0.3, -0.25) is 9.89 Å². The molecule has 2 heterocycles. The lowest BCUT2D eigenvalue weighted by molar-refractivity contribution is 0.0937. The van der Waals surface area contributed by atoms with E-state index in [0.717, 1.165) is 24.1 Å². The Morgan fingerprint density at radius 2 is 2.21 bits per heavy atom. The predicted molar refractivity (Wildman–Crippen MR) is 88.7 cm³/mol. The molecule has 0 saturated heterocycles. The molecule has 0 unspecified atom stereocenters. The number of aliphatic hydroxyl groups excluding tert-OH is 1. The van der Waals surface area contributed by atoms with Gasteiger partial charge >= 0.3 is 6.09 Å². The van der Waals surface area contributed by atoms with Gasteiger partial charge in [-0.05, 0) is 12.8 Å². The van der Waals surface area contributed by atoms with Crippen molar-refractivity contribution in [3.05, 3.63) is 29.1 Å². The monoisotopic (exact) mass is 335 g/mol. The van der Waals surface area contributed by atoms with Gasteiger partial charge in [0, 0.05) is 24.9 Å². The highest BCUT2D eigenvalue weighted by Crippen LogP contribution is 2.22. The second-order valence-electron chi connectivity index (χ2n) is 5.99. The number of aromatic amines is 1. The van der Waals surface area contributed by atoms with Crippen molar-refractivity contribution in [3.8, 4) is 0 Å². The maximum Gasteiger partial charge on any atom is 0.410 e. The van der Waals surface area contributed by atoms with Crippen LogP contribution in [0.25, 0.3) is 0 Å². The Morgan fingerprint density at radius 1 is 1.42 bits per heavy atom. The minimum atomic E-state index is -0.345. The maximum atomic E-state index is 12.4. The average molecular weight is 335 g/mol. The molecule has 24 heavy (non-hydrogen) atoms. The summed E-state index contributed by atoms with van der Waals surface area (Å²) < 4.78 is 5.24. The molecule has 132 valence electrons. The van der Waals surface area contributed by atoms with Crippen LogP contribution in [0.2, 0.25) is 0 Å². The third kappa shape index (κ3) is 4.44. The van der Waals surface area contributed by atoms with E-state index in [1.54, 1.807) is 4.90 Å². The number of H-pyrrole nitrogens is 1. The van der Waals surface area contributed by atoms with Crippen LogP contribution in [0.15, 0.2) is 12.2 Å². The van der Waals surface area contributed by atoms with Crippen LogP contribution in [-0.4, -0.2) is 51.8 Å². The fraction of sp³-hybridized carbons (Fsp3) is 0.588. The number of unbranched alkanes of at least 4 members (excludes halogenated alkanes) is 1. The summed E-state index contributed by atoms with van der Waals surface area (Å²) in [5.41, 5.74) is 2.67. The lowest BCUT2D eigenvalue weighted by Crippen LogP contribution is -2.36. The highest BCUT2D eigenvalue weighted by Gasteiger charge is 2.28. The van der Waals surface area contributed by atoms with E-state index in [-0.39, 0.29) is 24.9 Å². The first-order chi connectivity index (χ1) is 11.6. The third-order valence-corrected chi connectivity index (χ3v) is 4.11. The zero-order chi connectivity index (χ0) is 17.5. The number of hydrogen-bond donors (Lipinski definition) is 2. The van der Waals surface area contributed by atoms with Crippen molar-refractivity contribution in [2.24, 2.45) is 0 Å². The van der Waals surface area contributed by atoms with Gasteiger partial charge in [0.2, 0.25) is 0 Å². The van der Waals surface area contributed by atoms with Gasteiger partial charge in [-0.2, -0.15) is 5.10 Å². The van der Waals surface area contributed by atoms with Gasteiger partial charge in [0.15, 0.2) is 5.78 Å². The lowest BCUT2D eigenvalue weighted by atomic mass is 10.0. The Labute approximate surface area is 141 Å². The molecule has 1 aromatic rings. The number of amides is 1. The van der Waals surface area contributed by atoms with E-state index in [1.165, 1.54) is 0 Å². The molecule has 1 aliphatic heterocycles. The first-order valence-corrected chi connectivity index (χ1v) is 8.35. The molecule has 1 amide bonds. The van der Waals surface area contributed by atoms with E-state index in [0.29, 0.717) is 43.8 Å². The Hall–Kier alpha value is -2.15. The number of hydrogen-bond acceptors (Lipinski definition) is 5. The first kappa shape index (κ1) is 18.2. The molecule has 2 N–H and O–H groups in total. The zero-order valence-electron chi connectivity index (χ0n) is 14.1. The van der Waals surface area contributed by atoms with Gasteiger partial charge in [0.25, 0.3) is 0 Å². The first-order valence-electron chi connectivity index (χ1n) is 8.35. The SMILES string of the molecule is C=C(CO)CCC(=O)c1[nH]nc2c1CN(C(=O)OCCCC)CC2. The minimum Gasteiger partial charge on any atom is -0.449 e. The largest absolute Gasteiger partial charge is 0.449 e. The molecular formula is C17H25N3O4. The molecule has 2 rings (SSSR count). The zero-order valence-corrected chi connectivity index (χ0v) is 14.1. The van der Waals surface area contributed by atoms with Crippen molar-refractivity contribution in [1.29, 1.82) is 0 Å². The van der Waals surface area contributed by atoms with Crippen LogP contribution in [0, 0.1) is 0 Å². The highest BCUT2D eigenvalue weighted by atomic mass is 16.6. The van der Waals surface area contributed by atoms with Gasteiger partial charge in [-0.25, -0.2) is 4.79 Å². The normalized spacial score (nSPS) is 13.5. The van der Waals surface area contributed by atoms with E-state index in [1.807, 2.05) is 6.92 Å².